The molecule has 0 aliphatic heterocycles. The Kier molecular flexibility index (Phi) is 6.92. The average Bonchev–Trinajstić information content (AvgIpc) is 3.20. The molecule has 2 aromatic heterocycles. The Hall–Kier alpha value is -3.80. The van der Waals surface area contributed by atoms with Gasteiger partial charge in [-0.3, -0.25) is 4.79 Å². The van der Waals surface area contributed by atoms with E-state index in [0.29, 0.717) is 35.0 Å². The Morgan fingerprint density at radius 2 is 1.70 bits per heavy atom. The van der Waals surface area contributed by atoms with Crippen molar-refractivity contribution in [3.05, 3.63) is 84.4 Å². The molecule has 11 heteroatoms. The minimum atomic E-state index is -3.80. The van der Waals surface area contributed by atoms with Gasteiger partial charge in [0.15, 0.2) is 5.65 Å². The van der Waals surface area contributed by atoms with Crippen LogP contribution in [0, 0.1) is 0 Å². The highest BCUT2D eigenvalue weighted by molar-refractivity contribution is 8.00. The molecule has 3 aromatic carbocycles. The van der Waals surface area contributed by atoms with Crippen LogP contribution in [0.15, 0.2) is 88.9 Å². The molecule has 0 saturated carbocycles. The zero-order valence-electron chi connectivity index (χ0n) is 19.9. The molecule has 0 radical (unpaired) electrons. The highest BCUT2D eigenvalue weighted by Gasteiger charge is 2.22. The van der Waals surface area contributed by atoms with Gasteiger partial charge in [0, 0.05) is 17.6 Å². The molecule has 0 fully saturated rings. The molecule has 1 amide bonds. The molecule has 0 spiro atoms. The summed E-state index contributed by atoms with van der Waals surface area (Å²) in [6, 6.07) is 23.8. The van der Waals surface area contributed by atoms with Crippen LogP contribution in [-0.2, 0) is 21.4 Å². The summed E-state index contributed by atoms with van der Waals surface area (Å²) < 4.78 is 25.1. The van der Waals surface area contributed by atoms with E-state index in [-0.39, 0.29) is 10.8 Å². The number of fused-ring (bicyclic) bond motifs is 3. The molecule has 1 atom stereocenters. The zero-order valence-corrected chi connectivity index (χ0v) is 21.5. The van der Waals surface area contributed by atoms with E-state index in [1.165, 1.54) is 36.0 Å². The molecule has 5 aromatic rings. The lowest BCUT2D eigenvalue weighted by Gasteiger charge is -2.14. The number of primary sulfonamides is 1. The van der Waals surface area contributed by atoms with Gasteiger partial charge in [-0.25, -0.2) is 18.5 Å². The third-order valence-corrected chi connectivity index (χ3v) is 8.04. The summed E-state index contributed by atoms with van der Waals surface area (Å²) in [7, 11) is -3.80. The lowest BCUT2D eigenvalue weighted by Crippen LogP contribution is -2.25. The predicted molar refractivity (Wildman–Crippen MR) is 145 cm³/mol. The van der Waals surface area contributed by atoms with Crippen LogP contribution in [0.1, 0.15) is 18.9 Å². The Balaban J connectivity index is 1.42. The highest BCUT2D eigenvalue weighted by atomic mass is 32.2. The van der Waals surface area contributed by atoms with E-state index in [1.807, 2.05) is 49.4 Å². The first-order valence-electron chi connectivity index (χ1n) is 11.6. The summed E-state index contributed by atoms with van der Waals surface area (Å²) in [5.41, 5.74) is 4.03. The molecule has 37 heavy (non-hydrogen) atoms. The third-order valence-electron chi connectivity index (χ3n) is 5.90. The van der Waals surface area contributed by atoms with E-state index in [4.69, 9.17) is 10.1 Å². The maximum atomic E-state index is 13.0. The van der Waals surface area contributed by atoms with Crippen LogP contribution in [0.25, 0.3) is 22.1 Å². The number of rotatable bonds is 8. The summed E-state index contributed by atoms with van der Waals surface area (Å²) in [5, 5.41) is 17.6. The number of benzene rings is 3. The number of hydrogen-bond donors (Lipinski definition) is 2. The van der Waals surface area contributed by atoms with Crippen LogP contribution in [0.5, 0.6) is 0 Å². The number of amides is 1. The smallest absolute Gasteiger partial charge is 0.238 e. The fraction of sp³-hybridized carbons (Fsp3) is 0.154. The van der Waals surface area contributed by atoms with E-state index in [1.54, 1.807) is 0 Å². The van der Waals surface area contributed by atoms with Gasteiger partial charge < -0.3 is 9.88 Å². The fourth-order valence-corrected chi connectivity index (χ4v) is 5.40. The number of nitrogens with one attached hydrogen (secondary N) is 1. The molecule has 188 valence electrons. The molecule has 5 rings (SSSR count). The second-order valence-electron chi connectivity index (χ2n) is 8.43. The van der Waals surface area contributed by atoms with E-state index in [2.05, 4.69) is 32.2 Å². The van der Waals surface area contributed by atoms with E-state index < -0.39 is 15.3 Å². The Bertz CT molecular complexity index is 1690. The van der Waals surface area contributed by atoms with Crippen molar-refractivity contribution in [2.45, 2.75) is 35.2 Å². The molecule has 1 unspecified atom stereocenters. The molecular weight excluding hydrogens is 508 g/mol. The summed E-state index contributed by atoms with van der Waals surface area (Å²) in [6.07, 6.45) is 0.528. The number of carbonyl (C=O) groups excluding carboxylic acids is 1. The largest absolute Gasteiger partial charge is 0.325 e. The van der Waals surface area contributed by atoms with Crippen LogP contribution in [0.3, 0.4) is 0 Å². The van der Waals surface area contributed by atoms with Crippen molar-refractivity contribution in [1.82, 2.24) is 19.7 Å². The normalized spacial score (nSPS) is 12.6. The number of thioether (sulfide) groups is 1. The van der Waals surface area contributed by atoms with Gasteiger partial charge in [-0.1, -0.05) is 67.2 Å². The molecule has 3 N–H and O–H groups in total. The average molecular weight is 533 g/mol. The first-order chi connectivity index (χ1) is 17.8. The monoisotopic (exact) mass is 532 g/mol. The number of para-hydroxylation sites is 1. The van der Waals surface area contributed by atoms with Crippen LogP contribution >= 0.6 is 11.8 Å². The number of aromatic nitrogens is 4. The molecule has 9 nitrogen and oxygen atoms in total. The van der Waals surface area contributed by atoms with Gasteiger partial charge in [0.05, 0.1) is 15.7 Å². The van der Waals surface area contributed by atoms with Gasteiger partial charge in [0.2, 0.25) is 21.1 Å². The number of carbonyl (C=O) groups is 1. The summed E-state index contributed by atoms with van der Waals surface area (Å²) in [5.74, 6) is -0.246. The molecule has 0 saturated heterocycles. The Morgan fingerprint density at radius 1 is 1.00 bits per heavy atom. The second kappa shape index (κ2) is 10.3. The van der Waals surface area contributed by atoms with Crippen LogP contribution in [0.4, 0.5) is 5.69 Å². The van der Waals surface area contributed by atoms with Crippen LogP contribution in [-0.4, -0.2) is 39.3 Å². The quantitative estimate of drug-likeness (QED) is 0.286. The van der Waals surface area contributed by atoms with Gasteiger partial charge in [0.1, 0.15) is 5.52 Å². The topological polar surface area (TPSA) is 133 Å². The van der Waals surface area contributed by atoms with Crippen molar-refractivity contribution >= 4 is 55.4 Å². The van der Waals surface area contributed by atoms with Crippen molar-refractivity contribution in [3.63, 3.8) is 0 Å². The van der Waals surface area contributed by atoms with Crippen LogP contribution in [0.2, 0.25) is 0 Å². The van der Waals surface area contributed by atoms with Crippen molar-refractivity contribution in [2.75, 3.05) is 5.32 Å². The van der Waals surface area contributed by atoms with Gasteiger partial charge in [-0.05, 0) is 42.3 Å². The van der Waals surface area contributed by atoms with Gasteiger partial charge >= 0.3 is 0 Å². The van der Waals surface area contributed by atoms with Crippen molar-refractivity contribution in [3.8, 4) is 0 Å². The zero-order chi connectivity index (χ0) is 26.0. The summed E-state index contributed by atoms with van der Waals surface area (Å²) in [6.45, 7) is 2.53. The molecule has 2 heterocycles. The molecule has 0 aliphatic carbocycles. The maximum Gasteiger partial charge on any atom is 0.238 e. The number of anilines is 1. The molecule has 0 aliphatic rings. The number of nitrogens with two attached hydrogens (primary N) is 1. The van der Waals surface area contributed by atoms with Crippen LogP contribution < -0.4 is 10.5 Å². The number of hydrogen-bond acceptors (Lipinski definition) is 7. The summed E-state index contributed by atoms with van der Waals surface area (Å²) >= 11 is 1.24. The minimum absolute atomic E-state index is 0.0226. The molecule has 0 bridgehead atoms. The van der Waals surface area contributed by atoms with E-state index in [9.17, 15) is 13.2 Å². The SMILES string of the molecule is CCC(Sc1nnc2c3ccccc3n(Cc3ccccc3)c2n1)C(=O)Nc1ccc(S(N)(=O)=O)cc1. The first-order valence-corrected chi connectivity index (χ1v) is 14.0. The number of sulfonamides is 1. The maximum absolute atomic E-state index is 13.0. The first kappa shape index (κ1) is 24.9. The van der Waals surface area contributed by atoms with Gasteiger partial charge in [0.25, 0.3) is 0 Å². The van der Waals surface area contributed by atoms with Crippen molar-refractivity contribution < 1.29 is 13.2 Å². The lowest BCUT2D eigenvalue weighted by molar-refractivity contribution is -0.115. The lowest BCUT2D eigenvalue weighted by atomic mass is 10.2. The van der Waals surface area contributed by atoms with Gasteiger partial charge in [-0.2, -0.15) is 0 Å². The summed E-state index contributed by atoms with van der Waals surface area (Å²) in [4.78, 5) is 17.8. The van der Waals surface area contributed by atoms with Crippen molar-refractivity contribution in [1.29, 1.82) is 0 Å². The van der Waals surface area contributed by atoms with E-state index >= 15 is 0 Å². The van der Waals surface area contributed by atoms with Crippen molar-refractivity contribution in [2.24, 2.45) is 5.14 Å². The highest BCUT2D eigenvalue weighted by Crippen LogP contribution is 2.30. The minimum Gasteiger partial charge on any atom is -0.325 e. The van der Waals surface area contributed by atoms with Gasteiger partial charge in [-0.15, -0.1) is 10.2 Å². The molecular formula is C26H24N6O3S2. The Morgan fingerprint density at radius 3 is 2.41 bits per heavy atom. The number of nitrogens with zero attached hydrogens (tertiary/aromatic N) is 4. The van der Waals surface area contributed by atoms with E-state index in [0.717, 1.165) is 16.5 Å². The standard InChI is InChI=1S/C26H24N6O3S2/c1-2-22(25(33)28-18-12-14-19(15-13-18)37(27,34)35)36-26-29-24-23(30-31-26)20-10-6-7-11-21(20)32(24)16-17-8-4-3-5-9-17/h3-15,22H,2,16H2,1H3,(H,28,33)(H2,27,34,35). The predicted octanol–water partition coefficient (Wildman–Crippen LogP) is 4.18. The second-order valence-corrected chi connectivity index (χ2v) is 11.2. The fourth-order valence-electron chi connectivity index (χ4n) is 4.07. The third kappa shape index (κ3) is 5.33. The Labute approximate surface area is 218 Å².